The third-order valence-corrected chi connectivity index (χ3v) is 13.4. The smallest absolute Gasteiger partial charge is 0.344 e. The Balaban J connectivity index is 1.05. The Kier molecular flexibility index (Phi) is 21.2. The second-order valence-corrected chi connectivity index (χ2v) is 18.1. The predicted octanol–water partition coefficient (Wildman–Crippen LogP) is 10.0. The van der Waals surface area contributed by atoms with Gasteiger partial charge >= 0.3 is 17.9 Å². The molecule has 1 fully saturated rings. The molecule has 17 heteroatoms. The van der Waals surface area contributed by atoms with Gasteiger partial charge in [0.05, 0.1) is 39.0 Å². The molecule has 1 aliphatic rings. The van der Waals surface area contributed by atoms with Crippen LogP contribution in [0.15, 0.2) is 78.9 Å². The number of hydrogen-bond donors (Lipinski definition) is 0. The van der Waals surface area contributed by atoms with E-state index in [4.69, 9.17) is 35.9 Å². The van der Waals surface area contributed by atoms with E-state index in [-0.39, 0.29) is 42.8 Å². The van der Waals surface area contributed by atoms with E-state index in [1.165, 1.54) is 18.1 Å². The average molecular weight is 936 g/mol. The van der Waals surface area contributed by atoms with Crippen LogP contribution in [0.4, 0.5) is 0 Å². The zero-order chi connectivity index (χ0) is 45.5. The van der Waals surface area contributed by atoms with Crippen molar-refractivity contribution >= 4 is 56.9 Å². The molecule has 0 amide bonds. The number of unbranched alkanes of at least 4 members (excludes halogenated alkanes) is 5. The number of carbonyl (C=O) groups is 3. The van der Waals surface area contributed by atoms with Gasteiger partial charge in [-0.25, -0.2) is 9.59 Å². The van der Waals surface area contributed by atoms with Crippen LogP contribution in [0.2, 0.25) is 0 Å². The van der Waals surface area contributed by atoms with Crippen LogP contribution in [0, 0.1) is 13.9 Å². The highest BCUT2D eigenvalue weighted by Gasteiger charge is 2.26. The van der Waals surface area contributed by atoms with Gasteiger partial charge in [0.15, 0.2) is 11.5 Å². The van der Waals surface area contributed by atoms with E-state index in [0.717, 1.165) is 86.4 Å². The standard InChI is InChI=1S/C47H57N3O11S3/c1-3-4-15-40(60-45(52)34-49-27-25-48(26-28-49)24-9-12-29-57-37-20-18-36(19-21-37)43-33-46(62)64-63-43)38-13-7-8-14-39(38)47(53)61-41-22-16-35(32-42(41)56-2)17-23-44(51)58-30-10-5-6-11-31-59-50(54)55/h7-8,13-14,16-23,32-33,40H,3-6,9-12,15,24-31,34H2,1-2H3/b23-17+. The number of esters is 3. The first-order valence-corrected chi connectivity index (χ1v) is 24.3. The normalized spacial score (nSPS) is 13.6. The Morgan fingerprint density at radius 3 is 2.30 bits per heavy atom. The van der Waals surface area contributed by atoms with Crippen molar-refractivity contribution in [3.63, 3.8) is 0 Å². The zero-order valence-corrected chi connectivity index (χ0v) is 38.9. The summed E-state index contributed by atoms with van der Waals surface area (Å²) in [4.78, 5) is 59.6. The summed E-state index contributed by atoms with van der Waals surface area (Å²) >= 11 is 5.26. The van der Waals surface area contributed by atoms with Crippen LogP contribution < -0.4 is 14.2 Å². The Hall–Kier alpha value is -5.20. The minimum Gasteiger partial charge on any atom is -0.494 e. The number of hydrogen-bond acceptors (Lipinski definition) is 16. The fraction of sp³-hybridized carbons (Fsp3) is 0.447. The molecule has 0 radical (unpaired) electrons. The number of piperazine rings is 1. The van der Waals surface area contributed by atoms with Crippen molar-refractivity contribution in [3.8, 4) is 27.7 Å². The Labute approximate surface area is 387 Å². The van der Waals surface area contributed by atoms with E-state index in [2.05, 4.69) is 33.7 Å². The van der Waals surface area contributed by atoms with Crippen LogP contribution in [-0.4, -0.2) is 99.0 Å². The summed E-state index contributed by atoms with van der Waals surface area (Å²) in [7, 11) is 4.76. The van der Waals surface area contributed by atoms with Crippen molar-refractivity contribution in [1.82, 2.24) is 9.80 Å². The lowest BCUT2D eigenvalue weighted by Gasteiger charge is -2.34. The zero-order valence-electron chi connectivity index (χ0n) is 36.4. The topological polar surface area (TPSA) is 156 Å². The van der Waals surface area contributed by atoms with Crippen LogP contribution in [0.25, 0.3) is 16.5 Å². The lowest BCUT2D eigenvalue weighted by Crippen LogP contribution is -2.48. The lowest BCUT2D eigenvalue weighted by atomic mass is 9.98. The molecule has 0 N–H and O–H groups in total. The minimum absolute atomic E-state index is 0.0481. The van der Waals surface area contributed by atoms with E-state index < -0.39 is 23.1 Å². The number of benzene rings is 3. The highest BCUT2D eigenvalue weighted by Crippen LogP contribution is 2.33. The summed E-state index contributed by atoms with van der Waals surface area (Å²) in [5.41, 5.74) is 2.63. The number of methoxy groups -OCH3 is 1. The molecule has 344 valence electrons. The molecule has 5 rings (SSSR count). The summed E-state index contributed by atoms with van der Waals surface area (Å²) in [6.07, 6.45) is 9.07. The quantitative estimate of drug-likeness (QED) is 0.00813. The van der Waals surface area contributed by atoms with E-state index in [1.807, 2.05) is 24.3 Å². The maximum Gasteiger partial charge on any atom is 0.344 e. The van der Waals surface area contributed by atoms with Gasteiger partial charge in [-0.1, -0.05) is 76.9 Å². The molecule has 0 spiro atoms. The monoisotopic (exact) mass is 935 g/mol. The summed E-state index contributed by atoms with van der Waals surface area (Å²) in [5, 5.41) is 9.38. The van der Waals surface area contributed by atoms with Gasteiger partial charge in [-0.05, 0) is 117 Å². The molecule has 1 unspecified atom stereocenters. The van der Waals surface area contributed by atoms with Gasteiger partial charge in [0.2, 0.25) is 0 Å². The molecule has 2 heterocycles. The number of ether oxygens (including phenoxy) is 5. The van der Waals surface area contributed by atoms with Crippen molar-refractivity contribution in [2.24, 2.45) is 0 Å². The first-order valence-electron chi connectivity index (χ1n) is 21.7. The van der Waals surface area contributed by atoms with Crippen LogP contribution in [-0.2, 0) is 23.9 Å². The van der Waals surface area contributed by atoms with E-state index in [1.54, 1.807) is 63.2 Å². The van der Waals surface area contributed by atoms with Gasteiger partial charge in [-0.15, -0.1) is 10.1 Å². The van der Waals surface area contributed by atoms with Gasteiger partial charge in [-0.3, -0.25) is 9.69 Å². The first-order chi connectivity index (χ1) is 31.1. The van der Waals surface area contributed by atoms with Crippen molar-refractivity contribution in [2.75, 3.05) is 66.2 Å². The van der Waals surface area contributed by atoms with E-state index >= 15 is 0 Å². The third kappa shape index (κ3) is 17.1. The van der Waals surface area contributed by atoms with Gasteiger partial charge < -0.3 is 33.4 Å². The second kappa shape index (κ2) is 27.2. The van der Waals surface area contributed by atoms with Crippen molar-refractivity contribution < 1.29 is 48.0 Å². The number of carbonyl (C=O) groups excluding carboxylic acids is 3. The summed E-state index contributed by atoms with van der Waals surface area (Å²) in [6, 6.07) is 22.1. The largest absolute Gasteiger partial charge is 0.494 e. The molecule has 64 heavy (non-hydrogen) atoms. The molecular formula is C47H57N3O11S3. The third-order valence-electron chi connectivity index (χ3n) is 10.5. The lowest BCUT2D eigenvalue weighted by molar-refractivity contribution is -0.757. The Morgan fingerprint density at radius 2 is 1.58 bits per heavy atom. The summed E-state index contributed by atoms with van der Waals surface area (Å²) in [5.74, 6) is -0.148. The van der Waals surface area contributed by atoms with E-state index in [0.29, 0.717) is 37.0 Å². The van der Waals surface area contributed by atoms with Gasteiger partial charge in [0, 0.05) is 42.7 Å². The van der Waals surface area contributed by atoms with Crippen LogP contribution >= 0.6 is 32.9 Å². The van der Waals surface area contributed by atoms with Crippen LogP contribution in [0.3, 0.4) is 0 Å². The summed E-state index contributed by atoms with van der Waals surface area (Å²) < 4.78 is 29.6. The Morgan fingerprint density at radius 1 is 0.844 bits per heavy atom. The second-order valence-electron chi connectivity index (χ2n) is 15.2. The number of rotatable bonds is 27. The van der Waals surface area contributed by atoms with Gasteiger partial charge in [0.25, 0.3) is 5.09 Å². The average Bonchev–Trinajstić information content (AvgIpc) is 3.74. The highest BCUT2D eigenvalue weighted by molar-refractivity contribution is 7.80. The van der Waals surface area contributed by atoms with E-state index in [9.17, 15) is 24.5 Å². The molecule has 0 aliphatic carbocycles. The van der Waals surface area contributed by atoms with Crippen LogP contribution in [0.1, 0.15) is 92.3 Å². The molecule has 1 saturated heterocycles. The molecule has 3 aromatic carbocycles. The molecule has 0 saturated carbocycles. The van der Waals surface area contributed by atoms with Crippen molar-refractivity contribution in [2.45, 2.75) is 70.8 Å². The van der Waals surface area contributed by atoms with Gasteiger partial charge in [-0.2, -0.15) is 0 Å². The molecule has 1 aromatic heterocycles. The Bertz CT molecular complexity index is 2190. The fourth-order valence-corrected chi connectivity index (χ4v) is 9.41. The fourth-order valence-electron chi connectivity index (χ4n) is 7.01. The highest BCUT2D eigenvalue weighted by atomic mass is 32.9. The molecule has 0 bridgehead atoms. The molecule has 1 aliphatic heterocycles. The molecule has 1 atom stereocenters. The molecule has 14 nitrogen and oxygen atoms in total. The minimum atomic E-state index is -0.812. The maximum absolute atomic E-state index is 13.7. The SMILES string of the molecule is CCCCC(OC(=O)CN1CCN(CCCCOc2ccc(-c3cc(=S)ss3)cc2)CC1)c1ccccc1C(=O)Oc1ccc(/C=C/C(=O)OCCCCCCO[N+](=O)[O-])cc1OC. The summed E-state index contributed by atoms with van der Waals surface area (Å²) in [6.45, 7) is 7.37. The van der Waals surface area contributed by atoms with Crippen molar-refractivity contribution in [3.05, 3.63) is 110 Å². The van der Waals surface area contributed by atoms with Crippen LogP contribution in [0.5, 0.6) is 17.2 Å². The maximum atomic E-state index is 13.7. The molecular weight excluding hydrogens is 879 g/mol. The van der Waals surface area contributed by atoms with Crippen molar-refractivity contribution in [1.29, 1.82) is 0 Å². The number of nitrogens with zero attached hydrogens (tertiary/aromatic N) is 3. The van der Waals surface area contributed by atoms with Gasteiger partial charge in [0.1, 0.15) is 15.7 Å². The predicted molar refractivity (Wildman–Crippen MR) is 250 cm³/mol. The first kappa shape index (κ1) is 49.8. The molecule has 4 aromatic rings.